The van der Waals surface area contributed by atoms with E-state index in [1.54, 1.807) is 42.5 Å². The molecule has 3 aromatic carbocycles. The van der Waals surface area contributed by atoms with Crippen molar-refractivity contribution >= 4 is 50.3 Å². The lowest BCUT2D eigenvalue weighted by Crippen LogP contribution is -2.17. The molecule has 0 saturated heterocycles. The molecule has 172 valence electrons. The number of benzene rings is 3. The average molecular weight is 497 g/mol. The van der Waals surface area contributed by atoms with Gasteiger partial charge in [0.15, 0.2) is 0 Å². The zero-order valence-electron chi connectivity index (χ0n) is 17.7. The summed E-state index contributed by atoms with van der Waals surface area (Å²) < 4.78 is 27.8. The number of hydrogen-bond acceptors (Lipinski definition) is 6. The van der Waals surface area contributed by atoms with E-state index in [4.69, 9.17) is 11.6 Å². The number of amides is 1. The van der Waals surface area contributed by atoms with Gasteiger partial charge < -0.3 is 0 Å². The van der Waals surface area contributed by atoms with Crippen LogP contribution in [0.25, 0.3) is 10.9 Å². The van der Waals surface area contributed by atoms with Gasteiger partial charge in [-0.15, -0.1) is 0 Å². The zero-order valence-corrected chi connectivity index (χ0v) is 19.2. The fourth-order valence-corrected chi connectivity index (χ4v) is 4.93. The standard InChI is InChI=1S/C23H17ClN4O5S/c1-15-7-9-19-17(13-25-26-23(29)16-5-3-2-4-6-16)14-27(21(19)11-15)34(32,33)18-8-10-20(24)22(12-18)28(30)31/h2-14H,1H3,(H,26,29)/b25-13+. The van der Waals surface area contributed by atoms with E-state index in [1.807, 2.05) is 13.0 Å². The highest BCUT2D eigenvalue weighted by Gasteiger charge is 2.24. The minimum absolute atomic E-state index is 0.167. The second-order valence-electron chi connectivity index (χ2n) is 7.34. The Bertz CT molecular complexity index is 1560. The first-order valence-corrected chi connectivity index (χ1v) is 11.7. The number of nitrogens with zero attached hydrogens (tertiary/aromatic N) is 3. The van der Waals surface area contributed by atoms with Gasteiger partial charge >= 0.3 is 0 Å². The second kappa shape index (κ2) is 9.08. The molecule has 0 spiro atoms. The molecule has 9 nitrogen and oxygen atoms in total. The number of rotatable bonds is 6. The molecular formula is C23H17ClN4O5S. The number of carbonyl (C=O) groups excluding carboxylic acids is 1. The van der Waals surface area contributed by atoms with Crippen LogP contribution in [0.1, 0.15) is 21.5 Å². The first-order valence-electron chi connectivity index (χ1n) is 9.88. The van der Waals surface area contributed by atoms with E-state index in [9.17, 15) is 23.3 Å². The number of hydrazone groups is 1. The number of aromatic nitrogens is 1. The van der Waals surface area contributed by atoms with Gasteiger partial charge in [-0.3, -0.25) is 14.9 Å². The Morgan fingerprint density at radius 3 is 2.56 bits per heavy atom. The Balaban J connectivity index is 1.76. The molecule has 0 atom stereocenters. The number of hydrogen-bond donors (Lipinski definition) is 1. The fourth-order valence-electron chi connectivity index (χ4n) is 3.36. The third kappa shape index (κ3) is 4.41. The normalized spacial score (nSPS) is 11.7. The summed E-state index contributed by atoms with van der Waals surface area (Å²) in [5, 5.41) is 15.6. The van der Waals surface area contributed by atoms with E-state index in [0.717, 1.165) is 15.6 Å². The maximum atomic E-state index is 13.4. The molecule has 0 aliphatic rings. The number of aryl methyl sites for hydroxylation is 1. The highest BCUT2D eigenvalue weighted by atomic mass is 35.5. The van der Waals surface area contributed by atoms with Crippen LogP contribution in [0, 0.1) is 17.0 Å². The van der Waals surface area contributed by atoms with Crippen LogP contribution < -0.4 is 5.43 Å². The van der Waals surface area contributed by atoms with Crippen molar-refractivity contribution in [2.45, 2.75) is 11.8 Å². The van der Waals surface area contributed by atoms with Crippen molar-refractivity contribution in [2.75, 3.05) is 0 Å². The van der Waals surface area contributed by atoms with E-state index in [0.29, 0.717) is 22.0 Å². The Morgan fingerprint density at radius 2 is 1.85 bits per heavy atom. The van der Waals surface area contributed by atoms with E-state index in [1.165, 1.54) is 24.5 Å². The van der Waals surface area contributed by atoms with Crippen LogP contribution in [0.15, 0.2) is 82.9 Å². The number of nitro groups is 1. The van der Waals surface area contributed by atoms with Crippen LogP contribution in [0.4, 0.5) is 5.69 Å². The van der Waals surface area contributed by atoms with Crippen molar-refractivity contribution in [1.29, 1.82) is 0 Å². The summed E-state index contributed by atoms with van der Waals surface area (Å²) in [6, 6.07) is 17.0. The number of carbonyl (C=O) groups is 1. The molecular weight excluding hydrogens is 480 g/mol. The third-order valence-electron chi connectivity index (χ3n) is 5.03. The molecule has 1 aromatic heterocycles. The predicted octanol–water partition coefficient (Wildman–Crippen LogP) is 4.51. The maximum absolute atomic E-state index is 13.4. The van der Waals surface area contributed by atoms with Crippen molar-refractivity contribution in [3.63, 3.8) is 0 Å². The smallest absolute Gasteiger partial charge is 0.267 e. The lowest BCUT2D eigenvalue weighted by Gasteiger charge is -2.08. The Hall–Kier alpha value is -4.02. The maximum Gasteiger partial charge on any atom is 0.289 e. The van der Waals surface area contributed by atoms with Crippen LogP contribution >= 0.6 is 11.6 Å². The van der Waals surface area contributed by atoms with Crippen molar-refractivity contribution in [2.24, 2.45) is 5.10 Å². The summed E-state index contributed by atoms with van der Waals surface area (Å²) in [6.45, 7) is 1.81. The molecule has 11 heteroatoms. The summed E-state index contributed by atoms with van der Waals surface area (Å²) in [5.74, 6) is -0.419. The van der Waals surface area contributed by atoms with Gasteiger partial charge in [0.25, 0.3) is 21.6 Å². The predicted molar refractivity (Wildman–Crippen MR) is 129 cm³/mol. The minimum atomic E-state index is -4.21. The topological polar surface area (TPSA) is 124 Å². The molecule has 0 unspecified atom stereocenters. The Morgan fingerprint density at radius 1 is 1.12 bits per heavy atom. The van der Waals surface area contributed by atoms with Gasteiger partial charge in [0.2, 0.25) is 0 Å². The lowest BCUT2D eigenvalue weighted by atomic mass is 10.1. The van der Waals surface area contributed by atoms with Gasteiger partial charge in [-0.2, -0.15) is 5.10 Å². The van der Waals surface area contributed by atoms with Crippen LogP contribution in [0.5, 0.6) is 0 Å². The van der Waals surface area contributed by atoms with E-state index in [-0.39, 0.29) is 9.92 Å². The molecule has 4 rings (SSSR count). The van der Waals surface area contributed by atoms with Gasteiger partial charge in [0, 0.05) is 28.8 Å². The minimum Gasteiger partial charge on any atom is -0.267 e. The van der Waals surface area contributed by atoms with Gasteiger partial charge in [-0.25, -0.2) is 17.8 Å². The molecule has 34 heavy (non-hydrogen) atoms. The summed E-state index contributed by atoms with van der Waals surface area (Å²) in [6.07, 6.45) is 2.69. The highest BCUT2D eigenvalue weighted by Crippen LogP contribution is 2.31. The molecule has 0 bridgehead atoms. The number of nitrogens with one attached hydrogen (secondary N) is 1. The molecule has 0 aliphatic heterocycles. The summed E-state index contributed by atoms with van der Waals surface area (Å²) in [7, 11) is -4.21. The number of fused-ring (bicyclic) bond motifs is 1. The van der Waals surface area contributed by atoms with Crippen LogP contribution in [-0.4, -0.2) is 29.4 Å². The number of nitro benzene ring substituents is 1. The van der Waals surface area contributed by atoms with Gasteiger partial charge in [-0.1, -0.05) is 41.9 Å². The quantitative estimate of drug-likeness (QED) is 0.239. The fraction of sp³-hybridized carbons (Fsp3) is 0.0435. The molecule has 0 radical (unpaired) electrons. The Labute approximate surface area is 199 Å². The van der Waals surface area contributed by atoms with Gasteiger partial charge in [0.1, 0.15) is 5.02 Å². The molecule has 1 amide bonds. The van der Waals surface area contributed by atoms with E-state index >= 15 is 0 Å². The van der Waals surface area contributed by atoms with Crippen LogP contribution in [0.2, 0.25) is 5.02 Å². The molecule has 0 fully saturated rings. The first-order chi connectivity index (χ1) is 16.2. The third-order valence-corrected chi connectivity index (χ3v) is 7.02. The van der Waals surface area contributed by atoms with Crippen LogP contribution in [-0.2, 0) is 10.0 Å². The summed E-state index contributed by atoms with van der Waals surface area (Å²) >= 11 is 5.84. The monoisotopic (exact) mass is 496 g/mol. The average Bonchev–Trinajstić information content (AvgIpc) is 3.18. The number of halogens is 1. The molecule has 0 saturated carbocycles. The Kier molecular flexibility index (Phi) is 6.18. The molecule has 1 heterocycles. The van der Waals surface area contributed by atoms with Gasteiger partial charge in [-0.05, 0) is 42.8 Å². The van der Waals surface area contributed by atoms with Crippen molar-refractivity contribution in [1.82, 2.24) is 9.40 Å². The largest absolute Gasteiger partial charge is 0.289 e. The lowest BCUT2D eigenvalue weighted by molar-refractivity contribution is -0.384. The zero-order chi connectivity index (χ0) is 24.5. The van der Waals surface area contributed by atoms with Crippen molar-refractivity contribution < 1.29 is 18.1 Å². The molecule has 1 N–H and O–H groups in total. The van der Waals surface area contributed by atoms with Gasteiger partial charge in [0.05, 0.1) is 21.6 Å². The van der Waals surface area contributed by atoms with E-state index in [2.05, 4.69) is 10.5 Å². The highest BCUT2D eigenvalue weighted by molar-refractivity contribution is 7.90. The van der Waals surface area contributed by atoms with Crippen molar-refractivity contribution in [3.8, 4) is 0 Å². The SMILES string of the molecule is Cc1ccc2c(/C=N/NC(=O)c3ccccc3)cn(S(=O)(=O)c3ccc(Cl)c([N+](=O)[O-])c3)c2c1. The van der Waals surface area contributed by atoms with E-state index < -0.39 is 26.5 Å². The summed E-state index contributed by atoms with van der Waals surface area (Å²) in [5.41, 5.74) is 3.91. The molecule has 4 aromatic rings. The molecule has 0 aliphatic carbocycles. The summed E-state index contributed by atoms with van der Waals surface area (Å²) in [4.78, 5) is 22.4. The van der Waals surface area contributed by atoms with Crippen LogP contribution in [0.3, 0.4) is 0 Å². The van der Waals surface area contributed by atoms with Crippen molar-refractivity contribution in [3.05, 3.63) is 105 Å². The first kappa shape index (κ1) is 23.1. The second-order valence-corrected chi connectivity index (χ2v) is 9.56.